The third-order valence-electron chi connectivity index (χ3n) is 4.33. The minimum atomic E-state index is -0.442. The first kappa shape index (κ1) is 16.0. The first-order valence-electron chi connectivity index (χ1n) is 7.70. The van der Waals surface area contributed by atoms with Gasteiger partial charge in [0.15, 0.2) is 0 Å². The molecule has 1 aliphatic rings. The Morgan fingerprint density at radius 3 is 2.62 bits per heavy atom. The maximum absolute atomic E-state index is 12.3. The van der Waals surface area contributed by atoms with Crippen LogP contribution in [0.3, 0.4) is 0 Å². The Kier molecular flexibility index (Phi) is 5.37. The normalized spacial score (nSPS) is 19.0. The number of hydrogen-bond acceptors (Lipinski definition) is 3. The van der Waals surface area contributed by atoms with Gasteiger partial charge in [-0.1, -0.05) is 23.8 Å². The molecule has 0 bridgehead atoms. The highest BCUT2D eigenvalue weighted by Crippen LogP contribution is 2.21. The fourth-order valence-corrected chi connectivity index (χ4v) is 2.99. The van der Waals surface area contributed by atoms with Crippen LogP contribution in [-0.4, -0.2) is 25.2 Å². The Hall–Kier alpha value is -1.39. The van der Waals surface area contributed by atoms with Crippen molar-refractivity contribution in [2.75, 3.05) is 13.2 Å². The molecule has 1 aromatic carbocycles. The second-order valence-corrected chi connectivity index (χ2v) is 6.07. The molecule has 1 aliphatic heterocycles. The predicted molar refractivity (Wildman–Crippen MR) is 84.0 cm³/mol. The van der Waals surface area contributed by atoms with Crippen molar-refractivity contribution in [1.29, 1.82) is 0 Å². The monoisotopic (exact) mass is 290 g/mol. The predicted octanol–water partition coefficient (Wildman–Crippen LogP) is 2.23. The molecular formula is C17H26N2O2. The lowest BCUT2D eigenvalue weighted by Gasteiger charge is -2.28. The van der Waals surface area contributed by atoms with E-state index in [-0.39, 0.29) is 17.9 Å². The van der Waals surface area contributed by atoms with Gasteiger partial charge < -0.3 is 15.8 Å². The molecule has 21 heavy (non-hydrogen) atoms. The van der Waals surface area contributed by atoms with Crippen LogP contribution >= 0.6 is 0 Å². The first-order valence-corrected chi connectivity index (χ1v) is 7.70. The molecule has 1 heterocycles. The van der Waals surface area contributed by atoms with E-state index in [2.05, 4.69) is 37.4 Å². The highest BCUT2D eigenvalue weighted by atomic mass is 16.5. The summed E-state index contributed by atoms with van der Waals surface area (Å²) in [6.45, 7) is 7.56. The van der Waals surface area contributed by atoms with Crippen LogP contribution in [0.4, 0.5) is 0 Å². The summed E-state index contributed by atoms with van der Waals surface area (Å²) < 4.78 is 5.32. The molecule has 1 aromatic rings. The van der Waals surface area contributed by atoms with Crippen molar-refractivity contribution in [2.45, 2.75) is 45.7 Å². The lowest BCUT2D eigenvalue weighted by atomic mass is 9.91. The van der Waals surface area contributed by atoms with E-state index in [1.54, 1.807) is 0 Å². The molecule has 0 radical (unpaired) electrons. The fourth-order valence-electron chi connectivity index (χ4n) is 2.99. The average molecular weight is 290 g/mol. The van der Waals surface area contributed by atoms with Crippen molar-refractivity contribution >= 4 is 5.91 Å². The average Bonchev–Trinajstić information content (AvgIpc) is 2.47. The highest BCUT2D eigenvalue weighted by molar-refractivity contribution is 5.82. The Bertz CT molecular complexity index is 496. The zero-order chi connectivity index (χ0) is 15.4. The standard InChI is InChI=1S/C17H26N2O2/c1-11-4-5-15(12(2)10-11)13(3)19-17(20)16(18)14-6-8-21-9-7-14/h4-5,10,13-14,16H,6-9,18H2,1-3H3,(H,19,20). The molecule has 0 aliphatic carbocycles. The van der Waals surface area contributed by atoms with Crippen molar-refractivity contribution in [3.63, 3.8) is 0 Å². The van der Waals surface area contributed by atoms with Crippen molar-refractivity contribution < 1.29 is 9.53 Å². The lowest BCUT2D eigenvalue weighted by Crippen LogP contribution is -2.47. The Morgan fingerprint density at radius 2 is 2.00 bits per heavy atom. The third-order valence-corrected chi connectivity index (χ3v) is 4.33. The summed E-state index contributed by atoms with van der Waals surface area (Å²) in [6.07, 6.45) is 1.74. The number of hydrogen-bond donors (Lipinski definition) is 2. The molecule has 2 rings (SSSR count). The van der Waals surface area contributed by atoms with Crippen molar-refractivity contribution in [1.82, 2.24) is 5.32 Å². The maximum Gasteiger partial charge on any atom is 0.237 e. The number of nitrogens with one attached hydrogen (secondary N) is 1. The first-order chi connectivity index (χ1) is 9.99. The molecule has 116 valence electrons. The van der Waals surface area contributed by atoms with E-state index in [1.165, 1.54) is 11.1 Å². The molecule has 3 N–H and O–H groups in total. The summed E-state index contributed by atoms with van der Waals surface area (Å²) >= 11 is 0. The summed E-state index contributed by atoms with van der Waals surface area (Å²) in [6, 6.07) is 5.82. The zero-order valence-corrected chi connectivity index (χ0v) is 13.2. The van der Waals surface area contributed by atoms with Crippen LogP contribution < -0.4 is 11.1 Å². The summed E-state index contributed by atoms with van der Waals surface area (Å²) in [7, 11) is 0. The van der Waals surface area contributed by atoms with Gasteiger partial charge in [0.2, 0.25) is 5.91 Å². The smallest absolute Gasteiger partial charge is 0.237 e. The van der Waals surface area contributed by atoms with Gasteiger partial charge in [0, 0.05) is 13.2 Å². The van der Waals surface area contributed by atoms with E-state index >= 15 is 0 Å². The van der Waals surface area contributed by atoms with E-state index in [0.717, 1.165) is 18.4 Å². The van der Waals surface area contributed by atoms with Crippen LogP contribution in [-0.2, 0) is 9.53 Å². The fraction of sp³-hybridized carbons (Fsp3) is 0.588. The van der Waals surface area contributed by atoms with Gasteiger partial charge in [0.05, 0.1) is 12.1 Å². The number of nitrogens with two attached hydrogens (primary N) is 1. The maximum atomic E-state index is 12.3. The van der Waals surface area contributed by atoms with Gasteiger partial charge in [0.25, 0.3) is 0 Å². The third kappa shape index (κ3) is 4.05. The van der Waals surface area contributed by atoms with E-state index in [1.807, 2.05) is 6.92 Å². The molecule has 1 amide bonds. The van der Waals surface area contributed by atoms with Crippen LogP contribution in [0.25, 0.3) is 0 Å². The SMILES string of the molecule is Cc1ccc(C(C)NC(=O)C(N)C2CCOCC2)c(C)c1. The molecule has 0 saturated carbocycles. The molecular weight excluding hydrogens is 264 g/mol. The van der Waals surface area contributed by atoms with Crippen LogP contribution in [0.1, 0.15) is 42.5 Å². The van der Waals surface area contributed by atoms with Crippen molar-refractivity contribution in [2.24, 2.45) is 11.7 Å². The topological polar surface area (TPSA) is 64.4 Å². The summed E-state index contributed by atoms with van der Waals surface area (Å²) in [5, 5.41) is 3.05. The number of carbonyl (C=O) groups is 1. The van der Waals surface area contributed by atoms with E-state index in [4.69, 9.17) is 10.5 Å². The number of benzene rings is 1. The quantitative estimate of drug-likeness (QED) is 0.894. The number of aryl methyl sites for hydroxylation is 2. The van der Waals surface area contributed by atoms with Gasteiger partial charge in [-0.25, -0.2) is 0 Å². The largest absolute Gasteiger partial charge is 0.381 e. The minimum Gasteiger partial charge on any atom is -0.381 e. The molecule has 1 fully saturated rings. The van der Waals surface area contributed by atoms with Gasteiger partial charge in [-0.05, 0) is 50.7 Å². The lowest BCUT2D eigenvalue weighted by molar-refractivity contribution is -0.125. The molecule has 2 atom stereocenters. The van der Waals surface area contributed by atoms with Crippen LogP contribution in [0.5, 0.6) is 0 Å². The zero-order valence-electron chi connectivity index (χ0n) is 13.2. The molecule has 4 nitrogen and oxygen atoms in total. The van der Waals surface area contributed by atoms with Crippen LogP contribution in [0, 0.1) is 19.8 Å². The van der Waals surface area contributed by atoms with Gasteiger partial charge in [0.1, 0.15) is 0 Å². The van der Waals surface area contributed by atoms with Gasteiger partial charge in [-0.3, -0.25) is 4.79 Å². The Labute approximate surface area is 127 Å². The Balaban J connectivity index is 1.97. The summed E-state index contributed by atoms with van der Waals surface area (Å²) in [4.78, 5) is 12.3. The van der Waals surface area contributed by atoms with Crippen LogP contribution in [0.15, 0.2) is 18.2 Å². The minimum absolute atomic E-state index is 0.0241. The van der Waals surface area contributed by atoms with E-state index in [9.17, 15) is 4.79 Å². The second kappa shape index (κ2) is 7.05. The molecule has 0 aromatic heterocycles. The molecule has 4 heteroatoms. The number of carbonyl (C=O) groups excluding carboxylic acids is 1. The second-order valence-electron chi connectivity index (χ2n) is 6.07. The van der Waals surface area contributed by atoms with E-state index < -0.39 is 6.04 Å². The van der Waals surface area contributed by atoms with Gasteiger partial charge >= 0.3 is 0 Å². The number of amides is 1. The van der Waals surface area contributed by atoms with Crippen molar-refractivity contribution in [3.8, 4) is 0 Å². The van der Waals surface area contributed by atoms with Gasteiger partial charge in [-0.15, -0.1) is 0 Å². The van der Waals surface area contributed by atoms with Crippen LogP contribution in [0.2, 0.25) is 0 Å². The highest BCUT2D eigenvalue weighted by Gasteiger charge is 2.27. The molecule has 0 spiro atoms. The molecule has 1 saturated heterocycles. The number of ether oxygens (including phenoxy) is 1. The summed E-state index contributed by atoms with van der Waals surface area (Å²) in [5.74, 6) is 0.166. The van der Waals surface area contributed by atoms with Crippen molar-refractivity contribution in [3.05, 3.63) is 34.9 Å². The van der Waals surface area contributed by atoms with Gasteiger partial charge in [-0.2, -0.15) is 0 Å². The number of rotatable bonds is 4. The summed E-state index contributed by atoms with van der Waals surface area (Å²) in [5.41, 5.74) is 9.69. The van der Waals surface area contributed by atoms with E-state index in [0.29, 0.717) is 13.2 Å². The Morgan fingerprint density at radius 1 is 1.33 bits per heavy atom. The molecule has 2 unspecified atom stereocenters.